The Hall–Kier alpha value is -3.88. The Balaban J connectivity index is 2.04. The standard InChI is InChI=1S/C24H14N2/c25-15-17-6-5-9-18(12-17)21(16-26)14-24-22-10-3-1-7-19(22)13-20-8-2-4-11-23(20)24/h1-14H/b21-14+. The van der Waals surface area contributed by atoms with E-state index < -0.39 is 0 Å². The van der Waals surface area contributed by atoms with Gasteiger partial charge in [0.15, 0.2) is 0 Å². The third-order valence-electron chi connectivity index (χ3n) is 4.52. The van der Waals surface area contributed by atoms with Gasteiger partial charge in [-0.2, -0.15) is 10.5 Å². The summed E-state index contributed by atoms with van der Waals surface area (Å²) in [4.78, 5) is 0. The van der Waals surface area contributed by atoms with Gasteiger partial charge in [0.05, 0.1) is 23.3 Å². The largest absolute Gasteiger partial charge is 0.192 e. The lowest BCUT2D eigenvalue weighted by molar-refractivity contribution is 1.47. The topological polar surface area (TPSA) is 47.6 Å². The van der Waals surface area contributed by atoms with Crippen LogP contribution in [0.4, 0.5) is 0 Å². The van der Waals surface area contributed by atoms with Gasteiger partial charge in [0, 0.05) is 0 Å². The molecule has 0 unspecified atom stereocenters. The molecule has 0 saturated heterocycles. The van der Waals surface area contributed by atoms with Crippen LogP contribution in [-0.4, -0.2) is 0 Å². The molecule has 4 rings (SSSR count). The van der Waals surface area contributed by atoms with Crippen molar-refractivity contribution in [2.24, 2.45) is 0 Å². The third kappa shape index (κ3) is 2.71. The van der Waals surface area contributed by atoms with Crippen molar-refractivity contribution in [1.29, 1.82) is 10.5 Å². The first-order valence-corrected chi connectivity index (χ1v) is 8.33. The summed E-state index contributed by atoms with van der Waals surface area (Å²) in [7, 11) is 0. The number of hydrogen-bond acceptors (Lipinski definition) is 2. The molecule has 2 nitrogen and oxygen atoms in total. The fourth-order valence-electron chi connectivity index (χ4n) is 3.29. The Kier molecular flexibility index (Phi) is 3.94. The second kappa shape index (κ2) is 6.55. The Morgan fingerprint density at radius 1 is 0.731 bits per heavy atom. The molecule has 0 fully saturated rings. The molecule has 26 heavy (non-hydrogen) atoms. The van der Waals surface area contributed by atoms with Gasteiger partial charge in [-0.1, -0.05) is 60.7 Å². The summed E-state index contributed by atoms with van der Waals surface area (Å²) in [5.41, 5.74) is 2.87. The van der Waals surface area contributed by atoms with E-state index in [1.807, 2.05) is 36.4 Å². The Morgan fingerprint density at radius 3 is 2.00 bits per heavy atom. The van der Waals surface area contributed by atoms with Crippen molar-refractivity contribution >= 4 is 33.2 Å². The monoisotopic (exact) mass is 330 g/mol. The third-order valence-corrected chi connectivity index (χ3v) is 4.52. The molecule has 0 heterocycles. The number of fused-ring (bicyclic) bond motifs is 2. The fourth-order valence-corrected chi connectivity index (χ4v) is 3.29. The molecule has 0 saturated carbocycles. The molecule has 0 aromatic heterocycles. The average Bonchev–Trinajstić information content (AvgIpc) is 2.71. The van der Waals surface area contributed by atoms with Crippen LogP contribution in [0.25, 0.3) is 33.2 Å². The number of benzene rings is 4. The van der Waals surface area contributed by atoms with Crippen molar-refractivity contribution in [1.82, 2.24) is 0 Å². The second-order valence-corrected chi connectivity index (χ2v) is 6.09. The highest BCUT2D eigenvalue weighted by Crippen LogP contribution is 2.31. The number of rotatable bonds is 2. The highest BCUT2D eigenvalue weighted by Gasteiger charge is 2.08. The number of nitriles is 2. The van der Waals surface area contributed by atoms with Crippen molar-refractivity contribution in [2.45, 2.75) is 0 Å². The van der Waals surface area contributed by atoms with E-state index in [0.717, 1.165) is 32.7 Å². The van der Waals surface area contributed by atoms with E-state index in [2.05, 4.69) is 42.5 Å². The molecule has 0 aliphatic heterocycles. The Bertz CT molecular complexity index is 1200. The van der Waals surface area contributed by atoms with Gasteiger partial charge in [0.2, 0.25) is 0 Å². The Labute approximate surface area is 151 Å². The summed E-state index contributed by atoms with van der Waals surface area (Å²) in [6.45, 7) is 0. The van der Waals surface area contributed by atoms with Crippen LogP contribution in [0.1, 0.15) is 16.7 Å². The molecule has 2 heteroatoms. The van der Waals surface area contributed by atoms with E-state index in [1.54, 1.807) is 18.2 Å². The van der Waals surface area contributed by atoms with Gasteiger partial charge in [-0.25, -0.2) is 0 Å². The molecule has 0 aliphatic rings. The van der Waals surface area contributed by atoms with Gasteiger partial charge >= 0.3 is 0 Å². The van der Waals surface area contributed by atoms with Crippen LogP contribution in [0.15, 0.2) is 78.9 Å². The van der Waals surface area contributed by atoms with Crippen LogP contribution in [-0.2, 0) is 0 Å². The lowest BCUT2D eigenvalue weighted by Crippen LogP contribution is -1.87. The normalized spacial score (nSPS) is 11.2. The maximum Gasteiger partial charge on any atom is 0.0998 e. The summed E-state index contributed by atoms with van der Waals surface area (Å²) in [6, 6.07) is 30.2. The van der Waals surface area contributed by atoms with Crippen LogP contribution in [0.3, 0.4) is 0 Å². The van der Waals surface area contributed by atoms with E-state index in [0.29, 0.717) is 11.1 Å². The van der Waals surface area contributed by atoms with E-state index in [1.165, 1.54) is 0 Å². The van der Waals surface area contributed by atoms with Gasteiger partial charge in [-0.15, -0.1) is 0 Å². The number of nitrogens with zero attached hydrogens (tertiary/aromatic N) is 2. The maximum absolute atomic E-state index is 9.75. The van der Waals surface area contributed by atoms with Crippen molar-refractivity contribution in [3.8, 4) is 12.1 Å². The van der Waals surface area contributed by atoms with Crippen LogP contribution in [0.2, 0.25) is 0 Å². The minimum atomic E-state index is 0.545. The Morgan fingerprint density at radius 2 is 1.38 bits per heavy atom. The van der Waals surface area contributed by atoms with E-state index in [-0.39, 0.29) is 0 Å². The molecule has 0 bridgehead atoms. The molecular weight excluding hydrogens is 316 g/mol. The molecule has 0 radical (unpaired) electrons. The van der Waals surface area contributed by atoms with Gasteiger partial charge in [-0.05, 0) is 56.9 Å². The maximum atomic E-state index is 9.75. The first-order valence-electron chi connectivity index (χ1n) is 8.33. The van der Waals surface area contributed by atoms with Gasteiger partial charge in [0.25, 0.3) is 0 Å². The summed E-state index contributed by atoms with van der Waals surface area (Å²) in [6.07, 6.45) is 1.93. The zero-order valence-electron chi connectivity index (χ0n) is 14.0. The van der Waals surface area contributed by atoms with Crippen molar-refractivity contribution in [3.05, 3.63) is 95.6 Å². The molecular formula is C24H14N2. The zero-order valence-corrected chi connectivity index (χ0v) is 14.0. The minimum absolute atomic E-state index is 0.545. The SMILES string of the molecule is N#C/C(=C\c1c2ccccc2cc2ccccc12)c1cccc(C#N)c1. The number of hydrogen-bond donors (Lipinski definition) is 0. The minimum Gasteiger partial charge on any atom is -0.192 e. The lowest BCUT2D eigenvalue weighted by atomic mass is 9.94. The van der Waals surface area contributed by atoms with E-state index in [9.17, 15) is 5.26 Å². The van der Waals surface area contributed by atoms with Gasteiger partial charge in [0.1, 0.15) is 0 Å². The van der Waals surface area contributed by atoms with Gasteiger partial charge in [-0.3, -0.25) is 0 Å². The first-order chi connectivity index (χ1) is 12.8. The van der Waals surface area contributed by atoms with Gasteiger partial charge < -0.3 is 0 Å². The summed E-state index contributed by atoms with van der Waals surface area (Å²) >= 11 is 0. The second-order valence-electron chi connectivity index (χ2n) is 6.09. The number of allylic oxidation sites excluding steroid dienone is 1. The highest BCUT2D eigenvalue weighted by molar-refractivity contribution is 6.10. The van der Waals surface area contributed by atoms with Crippen LogP contribution in [0.5, 0.6) is 0 Å². The van der Waals surface area contributed by atoms with Crippen molar-refractivity contribution < 1.29 is 0 Å². The molecule has 0 N–H and O–H groups in total. The molecule has 4 aromatic rings. The molecule has 0 aliphatic carbocycles. The average molecular weight is 330 g/mol. The van der Waals surface area contributed by atoms with E-state index in [4.69, 9.17) is 5.26 Å². The van der Waals surface area contributed by atoms with Crippen LogP contribution in [0, 0.1) is 22.7 Å². The summed E-state index contributed by atoms with van der Waals surface area (Å²) < 4.78 is 0. The molecule has 0 atom stereocenters. The molecule has 0 amide bonds. The summed E-state index contributed by atoms with van der Waals surface area (Å²) in [5, 5.41) is 23.4. The molecule has 0 spiro atoms. The smallest absolute Gasteiger partial charge is 0.0998 e. The molecule has 4 aromatic carbocycles. The van der Waals surface area contributed by atoms with E-state index >= 15 is 0 Å². The summed E-state index contributed by atoms with van der Waals surface area (Å²) in [5.74, 6) is 0. The first kappa shape index (κ1) is 15.6. The highest BCUT2D eigenvalue weighted by atomic mass is 14.3. The van der Waals surface area contributed by atoms with Crippen molar-refractivity contribution in [2.75, 3.05) is 0 Å². The quantitative estimate of drug-likeness (QED) is 0.260. The van der Waals surface area contributed by atoms with Crippen molar-refractivity contribution in [3.63, 3.8) is 0 Å². The lowest BCUT2D eigenvalue weighted by Gasteiger charge is -2.09. The zero-order chi connectivity index (χ0) is 17.9. The predicted molar refractivity (Wildman–Crippen MR) is 106 cm³/mol. The predicted octanol–water partition coefficient (Wildman–Crippen LogP) is 5.93. The van der Waals surface area contributed by atoms with Crippen LogP contribution >= 0.6 is 0 Å². The molecule has 120 valence electrons. The van der Waals surface area contributed by atoms with Crippen LogP contribution < -0.4 is 0 Å². The fraction of sp³-hybridized carbons (Fsp3) is 0.